The van der Waals surface area contributed by atoms with Crippen LogP contribution in [-0.4, -0.2) is 32.8 Å². The highest BCUT2D eigenvalue weighted by Crippen LogP contribution is 2.10. The van der Waals surface area contributed by atoms with Crippen molar-refractivity contribution in [1.82, 2.24) is 25.5 Å². The first-order valence-electron chi connectivity index (χ1n) is 6.69. The molecule has 0 spiro atoms. The van der Waals surface area contributed by atoms with Crippen molar-refractivity contribution in [3.63, 3.8) is 0 Å². The van der Waals surface area contributed by atoms with Crippen LogP contribution < -0.4 is 10.6 Å². The first-order chi connectivity index (χ1) is 9.42. The Kier molecular flexibility index (Phi) is 3.69. The minimum atomic E-state index is 0.487. The molecular formula is C13H18N6. The third-order valence-electron chi connectivity index (χ3n) is 3.38. The minimum Gasteiger partial charge on any atom is -0.349 e. The average Bonchev–Trinajstić information content (AvgIpc) is 3.10. The Labute approximate surface area is 112 Å². The average molecular weight is 258 g/mol. The zero-order chi connectivity index (χ0) is 12.9. The number of tetrazole rings is 1. The molecule has 1 saturated heterocycles. The van der Waals surface area contributed by atoms with Crippen molar-refractivity contribution < 1.29 is 0 Å². The van der Waals surface area contributed by atoms with E-state index in [1.807, 2.05) is 22.9 Å². The molecule has 0 bridgehead atoms. The van der Waals surface area contributed by atoms with Gasteiger partial charge in [0.1, 0.15) is 0 Å². The van der Waals surface area contributed by atoms with Crippen molar-refractivity contribution in [3.05, 3.63) is 35.9 Å². The number of hydrogen-bond donors (Lipinski definition) is 2. The number of benzene rings is 1. The van der Waals surface area contributed by atoms with Crippen molar-refractivity contribution in [3.8, 4) is 0 Å². The fourth-order valence-corrected chi connectivity index (χ4v) is 2.35. The monoisotopic (exact) mass is 258 g/mol. The summed E-state index contributed by atoms with van der Waals surface area (Å²) in [6, 6.07) is 10.7. The predicted molar refractivity (Wildman–Crippen MR) is 72.6 cm³/mol. The molecule has 2 heterocycles. The van der Waals surface area contributed by atoms with Gasteiger partial charge in [-0.05, 0) is 35.4 Å². The maximum atomic E-state index is 4.05. The van der Waals surface area contributed by atoms with Gasteiger partial charge in [-0.25, -0.2) is 4.68 Å². The van der Waals surface area contributed by atoms with Crippen LogP contribution in [0.4, 0.5) is 5.95 Å². The topological polar surface area (TPSA) is 67.7 Å². The molecule has 100 valence electrons. The minimum absolute atomic E-state index is 0.487. The quantitative estimate of drug-likeness (QED) is 0.838. The van der Waals surface area contributed by atoms with Crippen LogP contribution in [0.2, 0.25) is 0 Å². The van der Waals surface area contributed by atoms with Gasteiger partial charge in [0.05, 0.1) is 6.54 Å². The summed E-state index contributed by atoms with van der Waals surface area (Å²) >= 11 is 0. The molecule has 0 amide bonds. The van der Waals surface area contributed by atoms with E-state index in [0.29, 0.717) is 6.04 Å². The molecule has 2 N–H and O–H groups in total. The highest BCUT2D eigenvalue weighted by Gasteiger charge is 2.17. The molecule has 0 saturated carbocycles. The summed E-state index contributed by atoms with van der Waals surface area (Å²) in [5, 5.41) is 18.6. The lowest BCUT2D eigenvalue weighted by Crippen LogP contribution is -2.28. The molecule has 6 nitrogen and oxygen atoms in total. The molecule has 0 aliphatic carbocycles. The van der Waals surface area contributed by atoms with E-state index in [-0.39, 0.29) is 0 Å². The van der Waals surface area contributed by atoms with Crippen LogP contribution in [-0.2, 0) is 13.1 Å². The van der Waals surface area contributed by atoms with Crippen LogP contribution in [0.5, 0.6) is 0 Å². The fourth-order valence-electron chi connectivity index (χ4n) is 2.35. The molecule has 1 aromatic heterocycles. The smallest absolute Gasteiger partial charge is 0.243 e. The largest absolute Gasteiger partial charge is 0.349 e. The van der Waals surface area contributed by atoms with E-state index in [4.69, 9.17) is 0 Å². The van der Waals surface area contributed by atoms with Gasteiger partial charge in [-0.2, -0.15) is 0 Å². The van der Waals surface area contributed by atoms with E-state index in [1.165, 1.54) is 18.4 Å². The molecule has 1 aromatic carbocycles. The number of nitrogens with one attached hydrogen (secondary N) is 2. The Hall–Kier alpha value is -1.95. The SMILES string of the molecule is c1ccc(CNc2nnnn2C[C@@H]2CCCN2)cc1. The van der Waals surface area contributed by atoms with Gasteiger partial charge < -0.3 is 10.6 Å². The lowest BCUT2D eigenvalue weighted by atomic mass is 10.2. The molecule has 0 unspecified atom stereocenters. The van der Waals surface area contributed by atoms with E-state index in [1.54, 1.807) is 0 Å². The molecule has 19 heavy (non-hydrogen) atoms. The Morgan fingerprint density at radius 2 is 2.21 bits per heavy atom. The van der Waals surface area contributed by atoms with Crippen molar-refractivity contribution in [2.45, 2.75) is 32.0 Å². The molecular weight excluding hydrogens is 240 g/mol. The summed E-state index contributed by atoms with van der Waals surface area (Å²) in [6.07, 6.45) is 2.43. The maximum absolute atomic E-state index is 4.05. The van der Waals surface area contributed by atoms with Crippen LogP contribution in [0.25, 0.3) is 0 Å². The van der Waals surface area contributed by atoms with Crippen LogP contribution in [0.1, 0.15) is 18.4 Å². The Bertz CT molecular complexity index is 503. The fraction of sp³-hybridized carbons (Fsp3) is 0.462. The summed E-state index contributed by atoms with van der Waals surface area (Å²) < 4.78 is 1.84. The van der Waals surface area contributed by atoms with Gasteiger partial charge in [0, 0.05) is 12.6 Å². The zero-order valence-corrected chi connectivity index (χ0v) is 10.8. The summed E-state index contributed by atoms with van der Waals surface area (Å²) in [7, 11) is 0. The van der Waals surface area contributed by atoms with Crippen molar-refractivity contribution in [2.24, 2.45) is 0 Å². The maximum Gasteiger partial charge on any atom is 0.243 e. The first kappa shape index (κ1) is 12.1. The molecule has 0 radical (unpaired) electrons. The van der Waals surface area contributed by atoms with E-state index < -0.39 is 0 Å². The van der Waals surface area contributed by atoms with E-state index in [2.05, 4.69) is 38.3 Å². The van der Waals surface area contributed by atoms with Crippen LogP contribution >= 0.6 is 0 Å². The standard InChI is InChI=1S/C13H18N6/c1-2-5-11(6-3-1)9-15-13-16-17-18-19(13)10-12-7-4-8-14-12/h1-3,5-6,12,14H,4,7-10H2,(H,15,16,18)/t12-/m0/s1. The number of nitrogens with zero attached hydrogens (tertiary/aromatic N) is 4. The second-order valence-corrected chi connectivity index (χ2v) is 4.82. The van der Waals surface area contributed by atoms with E-state index in [0.717, 1.165) is 25.6 Å². The molecule has 1 aliphatic heterocycles. The molecule has 6 heteroatoms. The number of aromatic nitrogens is 4. The third kappa shape index (κ3) is 3.08. The van der Waals surface area contributed by atoms with Gasteiger partial charge in [-0.15, -0.1) is 0 Å². The third-order valence-corrected chi connectivity index (χ3v) is 3.38. The van der Waals surface area contributed by atoms with Crippen LogP contribution in [0.3, 0.4) is 0 Å². The molecule has 1 fully saturated rings. The first-order valence-corrected chi connectivity index (χ1v) is 6.69. The number of rotatable bonds is 5. The summed E-state index contributed by atoms with van der Waals surface area (Å²) in [4.78, 5) is 0. The lowest BCUT2D eigenvalue weighted by Gasteiger charge is -2.11. The lowest BCUT2D eigenvalue weighted by molar-refractivity contribution is 0.469. The molecule has 1 aliphatic rings. The highest BCUT2D eigenvalue weighted by atomic mass is 15.6. The van der Waals surface area contributed by atoms with Gasteiger partial charge in [0.2, 0.25) is 5.95 Å². The summed E-state index contributed by atoms with van der Waals surface area (Å²) in [5.74, 6) is 0.734. The van der Waals surface area contributed by atoms with Crippen molar-refractivity contribution >= 4 is 5.95 Å². The van der Waals surface area contributed by atoms with Gasteiger partial charge in [-0.3, -0.25) is 0 Å². The normalized spacial score (nSPS) is 18.6. The summed E-state index contributed by atoms with van der Waals surface area (Å²) in [5.41, 5.74) is 1.22. The van der Waals surface area contributed by atoms with Gasteiger partial charge >= 0.3 is 0 Å². The van der Waals surface area contributed by atoms with Crippen LogP contribution in [0, 0.1) is 0 Å². The van der Waals surface area contributed by atoms with Gasteiger partial charge in [-0.1, -0.05) is 35.4 Å². The highest BCUT2D eigenvalue weighted by molar-refractivity contribution is 5.26. The Morgan fingerprint density at radius 1 is 1.32 bits per heavy atom. The van der Waals surface area contributed by atoms with E-state index in [9.17, 15) is 0 Å². The Morgan fingerprint density at radius 3 is 3.00 bits per heavy atom. The van der Waals surface area contributed by atoms with Crippen molar-refractivity contribution in [1.29, 1.82) is 0 Å². The Balaban J connectivity index is 1.60. The van der Waals surface area contributed by atoms with Crippen molar-refractivity contribution in [2.75, 3.05) is 11.9 Å². The van der Waals surface area contributed by atoms with Gasteiger partial charge in [0.15, 0.2) is 0 Å². The molecule has 1 atom stereocenters. The second-order valence-electron chi connectivity index (χ2n) is 4.82. The molecule has 3 rings (SSSR count). The van der Waals surface area contributed by atoms with Gasteiger partial charge in [0.25, 0.3) is 0 Å². The molecule has 2 aromatic rings. The number of hydrogen-bond acceptors (Lipinski definition) is 5. The van der Waals surface area contributed by atoms with Crippen LogP contribution in [0.15, 0.2) is 30.3 Å². The summed E-state index contributed by atoms with van der Waals surface area (Å²) in [6.45, 7) is 2.66. The number of anilines is 1. The predicted octanol–water partition coefficient (Wildman–Crippen LogP) is 1.04. The second kappa shape index (κ2) is 5.79. The van der Waals surface area contributed by atoms with E-state index >= 15 is 0 Å². The zero-order valence-electron chi connectivity index (χ0n) is 10.8.